The van der Waals surface area contributed by atoms with Gasteiger partial charge in [0.2, 0.25) is 0 Å². The molecule has 1 nitrogen and oxygen atoms in total. The van der Waals surface area contributed by atoms with Crippen molar-refractivity contribution >= 4 is 0 Å². The average molecular weight is 334 g/mol. The van der Waals surface area contributed by atoms with Crippen molar-refractivity contribution in [2.45, 2.75) is 89.9 Å². The van der Waals surface area contributed by atoms with Crippen molar-refractivity contribution in [1.29, 1.82) is 5.26 Å². The lowest BCUT2D eigenvalue weighted by molar-refractivity contribution is 0.223. The Hall–Kier alpha value is -0.840. The van der Waals surface area contributed by atoms with Gasteiger partial charge in [-0.2, -0.15) is 5.26 Å². The van der Waals surface area contributed by atoms with Gasteiger partial charge in [0.25, 0.3) is 0 Å². The molecule has 2 saturated carbocycles. The van der Waals surface area contributed by atoms with Crippen molar-refractivity contribution in [3.63, 3.8) is 0 Å². The molecule has 2 aliphatic rings. The minimum absolute atomic E-state index is 0.186. The van der Waals surface area contributed by atoms with Crippen molar-refractivity contribution in [1.82, 2.24) is 0 Å². The molecule has 0 aromatic heterocycles. The second-order valence-corrected chi connectivity index (χ2v) is 8.19. The number of halogens is 1. The van der Waals surface area contributed by atoms with Gasteiger partial charge in [0, 0.05) is 5.92 Å². The van der Waals surface area contributed by atoms with Crippen LogP contribution in [0.15, 0.2) is 12.2 Å². The van der Waals surface area contributed by atoms with Crippen molar-refractivity contribution < 1.29 is 4.39 Å². The molecule has 0 aromatic rings. The van der Waals surface area contributed by atoms with Crippen LogP contribution in [-0.4, -0.2) is 6.67 Å². The third kappa shape index (κ3) is 7.37. The molecule has 24 heavy (non-hydrogen) atoms. The standard InChI is InChI=1S/C22H36FN/c23-17-5-3-1-2-4-6-19-7-9-20(10-8-19)11-12-21-13-15-22(18-24)16-14-21/h1-2,19-22H,3-17H2/b2-1+/t19-,20-,21?,22?. The van der Waals surface area contributed by atoms with Gasteiger partial charge in [0.05, 0.1) is 12.7 Å². The van der Waals surface area contributed by atoms with Crippen molar-refractivity contribution in [2.75, 3.05) is 6.67 Å². The molecule has 0 heterocycles. The van der Waals surface area contributed by atoms with Crippen LogP contribution in [0.2, 0.25) is 0 Å². The smallest absolute Gasteiger partial charge is 0.0897 e. The van der Waals surface area contributed by atoms with E-state index >= 15 is 0 Å². The Labute approximate surface area is 148 Å². The molecule has 0 saturated heterocycles. The molecule has 0 aromatic carbocycles. The molecule has 0 unspecified atom stereocenters. The van der Waals surface area contributed by atoms with E-state index in [1.165, 1.54) is 64.2 Å². The highest BCUT2D eigenvalue weighted by atomic mass is 19.1. The van der Waals surface area contributed by atoms with Gasteiger partial charge < -0.3 is 0 Å². The van der Waals surface area contributed by atoms with Gasteiger partial charge in [-0.25, -0.2) is 0 Å². The predicted octanol–water partition coefficient (Wildman–Crippen LogP) is 6.99. The summed E-state index contributed by atoms with van der Waals surface area (Å²) >= 11 is 0. The maximum Gasteiger partial charge on any atom is 0.0897 e. The molecule has 2 fully saturated rings. The maximum absolute atomic E-state index is 12.0. The van der Waals surface area contributed by atoms with E-state index in [-0.39, 0.29) is 6.67 Å². The molecular weight excluding hydrogens is 297 g/mol. The molecule has 0 atom stereocenters. The first kappa shape index (κ1) is 19.5. The van der Waals surface area contributed by atoms with Gasteiger partial charge in [-0.1, -0.05) is 50.7 Å². The Morgan fingerprint density at radius 1 is 0.750 bits per heavy atom. The zero-order valence-electron chi connectivity index (χ0n) is 15.4. The van der Waals surface area contributed by atoms with E-state index in [0.717, 1.165) is 37.0 Å². The minimum atomic E-state index is -0.186. The van der Waals surface area contributed by atoms with Crippen LogP contribution in [0.1, 0.15) is 89.9 Å². The van der Waals surface area contributed by atoms with Crippen molar-refractivity contribution in [2.24, 2.45) is 23.7 Å². The van der Waals surface area contributed by atoms with Crippen LogP contribution in [0, 0.1) is 35.0 Å². The third-order valence-corrected chi connectivity index (χ3v) is 6.39. The lowest BCUT2D eigenvalue weighted by atomic mass is 9.75. The number of allylic oxidation sites excluding steroid dienone is 2. The molecule has 0 aliphatic heterocycles. The van der Waals surface area contributed by atoms with E-state index in [2.05, 4.69) is 18.2 Å². The zero-order chi connectivity index (χ0) is 17.0. The van der Waals surface area contributed by atoms with E-state index in [1.54, 1.807) is 0 Å². The number of rotatable bonds is 9. The fourth-order valence-corrected chi connectivity index (χ4v) is 4.62. The van der Waals surface area contributed by atoms with E-state index in [1.807, 2.05) is 0 Å². The molecule has 2 aliphatic carbocycles. The molecular formula is C22H36FN. The van der Waals surface area contributed by atoms with Crippen LogP contribution < -0.4 is 0 Å². The summed E-state index contributed by atoms with van der Waals surface area (Å²) in [6.07, 6.45) is 21.9. The Bertz CT molecular complexity index is 381. The molecule has 0 bridgehead atoms. The van der Waals surface area contributed by atoms with Gasteiger partial charge in [0.15, 0.2) is 0 Å². The van der Waals surface area contributed by atoms with E-state index in [9.17, 15) is 4.39 Å². The lowest BCUT2D eigenvalue weighted by Gasteiger charge is -2.30. The highest BCUT2D eigenvalue weighted by Gasteiger charge is 2.24. The molecule has 0 amide bonds. The summed E-state index contributed by atoms with van der Waals surface area (Å²) in [5.41, 5.74) is 0. The summed E-state index contributed by atoms with van der Waals surface area (Å²) in [6.45, 7) is -0.186. The number of hydrogen-bond acceptors (Lipinski definition) is 1. The highest BCUT2D eigenvalue weighted by molar-refractivity contribution is 4.87. The topological polar surface area (TPSA) is 23.8 Å². The minimum Gasteiger partial charge on any atom is -0.251 e. The number of hydrogen-bond donors (Lipinski definition) is 0. The number of unbranched alkanes of at least 4 members (excludes halogenated alkanes) is 1. The van der Waals surface area contributed by atoms with Crippen LogP contribution in [0.3, 0.4) is 0 Å². The van der Waals surface area contributed by atoms with E-state index in [0.29, 0.717) is 12.3 Å². The second-order valence-electron chi connectivity index (χ2n) is 8.19. The lowest BCUT2D eigenvalue weighted by Crippen LogP contribution is -2.17. The summed E-state index contributed by atoms with van der Waals surface area (Å²) in [7, 11) is 0. The second kappa shape index (κ2) is 11.7. The van der Waals surface area contributed by atoms with Crippen LogP contribution in [0.4, 0.5) is 4.39 Å². The van der Waals surface area contributed by atoms with Gasteiger partial charge in [-0.3, -0.25) is 4.39 Å². The molecule has 2 heteroatoms. The van der Waals surface area contributed by atoms with Crippen molar-refractivity contribution in [3.05, 3.63) is 12.2 Å². The Balaban J connectivity index is 1.50. The van der Waals surface area contributed by atoms with Crippen LogP contribution in [-0.2, 0) is 0 Å². The van der Waals surface area contributed by atoms with E-state index in [4.69, 9.17) is 5.26 Å². The first-order chi connectivity index (χ1) is 11.8. The maximum atomic E-state index is 12.0. The fourth-order valence-electron chi connectivity index (χ4n) is 4.62. The Kier molecular flexibility index (Phi) is 9.47. The molecule has 0 N–H and O–H groups in total. The Morgan fingerprint density at radius 2 is 1.25 bits per heavy atom. The summed E-state index contributed by atoms with van der Waals surface area (Å²) in [5.74, 6) is 3.15. The zero-order valence-corrected chi connectivity index (χ0v) is 15.4. The average Bonchev–Trinajstić information content (AvgIpc) is 2.64. The summed E-state index contributed by atoms with van der Waals surface area (Å²) < 4.78 is 12.0. The van der Waals surface area contributed by atoms with Crippen molar-refractivity contribution in [3.8, 4) is 6.07 Å². The van der Waals surface area contributed by atoms with Gasteiger partial charge in [-0.15, -0.1) is 0 Å². The van der Waals surface area contributed by atoms with Crippen LogP contribution in [0.5, 0.6) is 0 Å². The fraction of sp³-hybridized carbons (Fsp3) is 0.864. The van der Waals surface area contributed by atoms with Gasteiger partial charge >= 0.3 is 0 Å². The summed E-state index contributed by atoms with van der Waals surface area (Å²) in [6, 6.07) is 2.44. The molecule has 0 spiro atoms. The number of nitrogens with zero attached hydrogens (tertiary/aromatic N) is 1. The van der Waals surface area contributed by atoms with Gasteiger partial charge in [0.1, 0.15) is 0 Å². The molecule has 136 valence electrons. The largest absolute Gasteiger partial charge is 0.251 e. The first-order valence-corrected chi connectivity index (χ1v) is 10.4. The third-order valence-electron chi connectivity index (χ3n) is 6.39. The predicted molar refractivity (Wildman–Crippen MR) is 99.3 cm³/mol. The van der Waals surface area contributed by atoms with Gasteiger partial charge in [-0.05, 0) is 69.1 Å². The van der Waals surface area contributed by atoms with Crippen LogP contribution in [0.25, 0.3) is 0 Å². The Morgan fingerprint density at radius 3 is 1.79 bits per heavy atom. The van der Waals surface area contributed by atoms with E-state index < -0.39 is 0 Å². The molecule has 0 radical (unpaired) electrons. The summed E-state index contributed by atoms with van der Waals surface area (Å²) in [4.78, 5) is 0. The summed E-state index contributed by atoms with van der Waals surface area (Å²) in [5, 5.41) is 8.98. The van der Waals surface area contributed by atoms with Crippen LogP contribution >= 0.6 is 0 Å². The molecule has 2 rings (SSSR count). The number of nitriles is 1. The highest BCUT2D eigenvalue weighted by Crippen LogP contribution is 2.37. The monoisotopic (exact) mass is 333 g/mol. The number of alkyl halides is 1. The normalized spacial score (nSPS) is 31.2. The SMILES string of the molecule is N#CC1CCC(CC[C@H]2CC[C@H](CC/C=C/CCCF)CC2)CC1. The first-order valence-electron chi connectivity index (χ1n) is 10.4. The quantitative estimate of drug-likeness (QED) is 0.329.